The van der Waals surface area contributed by atoms with Crippen molar-refractivity contribution < 1.29 is 18.3 Å². The van der Waals surface area contributed by atoms with Crippen molar-refractivity contribution >= 4 is 11.8 Å². The zero-order chi connectivity index (χ0) is 8.28. The zero-order valence-electron chi connectivity index (χ0n) is 5.56. The van der Waals surface area contributed by atoms with E-state index in [0.29, 0.717) is 12.8 Å². The van der Waals surface area contributed by atoms with Gasteiger partial charge in [-0.3, -0.25) is 0 Å². The van der Waals surface area contributed by atoms with Gasteiger partial charge in [-0.15, -0.1) is 11.8 Å². The fraction of sp³-hybridized carbons (Fsp3) is 1.00. The van der Waals surface area contributed by atoms with Gasteiger partial charge in [0, 0.05) is 0 Å². The van der Waals surface area contributed by atoms with E-state index < -0.39 is 22.3 Å². The maximum atomic E-state index is 12.9. The van der Waals surface area contributed by atoms with E-state index in [1.807, 2.05) is 0 Å². The normalized spacial score (nSPS) is 53.5. The molecule has 0 radical (unpaired) electrons. The summed E-state index contributed by atoms with van der Waals surface area (Å²) < 4.78 is 38.4. The van der Waals surface area contributed by atoms with Gasteiger partial charge in [-0.25, -0.2) is 4.39 Å². The van der Waals surface area contributed by atoms with E-state index in [1.165, 1.54) is 0 Å². The van der Waals surface area contributed by atoms with Gasteiger partial charge in [-0.1, -0.05) is 0 Å². The van der Waals surface area contributed by atoms with E-state index in [0.717, 1.165) is 11.8 Å². The Morgan fingerprint density at radius 1 is 1.18 bits per heavy atom. The minimum Gasteiger partial charge on any atom is -0.356 e. The van der Waals surface area contributed by atoms with E-state index >= 15 is 0 Å². The highest BCUT2D eigenvalue weighted by atomic mass is 32.2. The lowest BCUT2D eigenvalue weighted by atomic mass is 9.92. The topological polar surface area (TPSA) is 20.2 Å². The second-order valence-electron chi connectivity index (χ2n) is 2.99. The van der Waals surface area contributed by atoms with Crippen molar-refractivity contribution in [3.8, 4) is 0 Å². The van der Waals surface area contributed by atoms with Gasteiger partial charge < -0.3 is 5.11 Å². The number of alkyl halides is 3. The van der Waals surface area contributed by atoms with Crippen LogP contribution in [0.4, 0.5) is 13.2 Å². The fourth-order valence-corrected chi connectivity index (χ4v) is 3.24. The summed E-state index contributed by atoms with van der Waals surface area (Å²) in [5.41, 5.74) is 0. The molecule has 1 N–H and O–H groups in total. The Morgan fingerprint density at radius 2 is 1.73 bits per heavy atom. The van der Waals surface area contributed by atoms with E-state index in [4.69, 9.17) is 5.11 Å². The molecule has 1 nitrogen and oxygen atoms in total. The average molecular weight is 184 g/mol. The molecule has 64 valence electrons. The molecule has 2 bridgehead atoms. The largest absolute Gasteiger partial charge is 0.356 e. The van der Waals surface area contributed by atoms with Crippen LogP contribution in [-0.2, 0) is 0 Å². The summed E-state index contributed by atoms with van der Waals surface area (Å²) in [4.78, 5) is 0. The first-order chi connectivity index (χ1) is 4.96. The Kier molecular flexibility index (Phi) is 1.32. The van der Waals surface area contributed by atoms with Crippen molar-refractivity contribution in [2.75, 3.05) is 0 Å². The summed E-state index contributed by atoms with van der Waals surface area (Å²) in [6.45, 7) is 0. The standard InChI is InChI=1S/C6H7F3OS/c7-5(8)3-1-2-4(11-3)6(5,9)10/h3-4,10H,1-2H2. The predicted molar refractivity (Wildman–Crippen MR) is 35.4 cm³/mol. The molecule has 11 heavy (non-hydrogen) atoms. The van der Waals surface area contributed by atoms with Gasteiger partial charge in [0.25, 0.3) is 5.85 Å². The molecule has 0 aromatic heterocycles. The minimum atomic E-state index is -3.54. The number of fused-ring (bicyclic) bond motifs is 2. The van der Waals surface area contributed by atoms with Crippen LogP contribution in [0.3, 0.4) is 0 Å². The monoisotopic (exact) mass is 184 g/mol. The molecule has 2 heterocycles. The van der Waals surface area contributed by atoms with Gasteiger partial charge >= 0.3 is 5.92 Å². The molecule has 0 aromatic carbocycles. The number of hydrogen-bond donors (Lipinski definition) is 1. The van der Waals surface area contributed by atoms with Crippen LogP contribution in [-0.4, -0.2) is 27.4 Å². The molecule has 5 heteroatoms. The molecule has 2 fully saturated rings. The fourth-order valence-electron chi connectivity index (χ4n) is 1.63. The molecule has 0 spiro atoms. The van der Waals surface area contributed by atoms with Crippen molar-refractivity contribution in [1.29, 1.82) is 0 Å². The molecule has 2 aliphatic heterocycles. The van der Waals surface area contributed by atoms with Crippen LogP contribution < -0.4 is 0 Å². The predicted octanol–water partition coefficient (Wildman–Crippen LogP) is 1.56. The van der Waals surface area contributed by atoms with Gasteiger partial charge in [0.2, 0.25) is 0 Å². The number of hydrogen-bond acceptors (Lipinski definition) is 2. The minimum absolute atomic E-state index is 0.314. The molecule has 2 rings (SSSR count). The van der Waals surface area contributed by atoms with Crippen LogP contribution in [0.25, 0.3) is 0 Å². The molecule has 2 aliphatic rings. The number of rotatable bonds is 0. The van der Waals surface area contributed by atoms with E-state index in [9.17, 15) is 13.2 Å². The lowest BCUT2D eigenvalue weighted by Crippen LogP contribution is -2.52. The molecule has 0 aliphatic carbocycles. The van der Waals surface area contributed by atoms with Crippen LogP contribution in [0.5, 0.6) is 0 Å². The Bertz CT molecular complexity index is 174. The van der Waals surface area contributed by atoms with Gasteiger partial charge in [0.1, 0.15) is 0 Å². The SMILES string of the molecule is OC1(F)C2CCC(S2)C1(F)F. The van der Waals surface area contributed by atoms with Crippen molar-refractivity contribution in [3.05, 3.63) is 0 Å². The van der Waals surface area contributed by atoms with Crippen molar-refractivity contribution in [3.63, 3.8) is 0 Å². The van der Waals surface area contributed by atoms with Crippen molar-refractivity contribution in [1.82, 2.24) is 0 Å². The molecule has 3 unspecified atom stereocenters. The summed E-state index contributed by atoms with van der Waals surface area (Å²) >= 11 is 0.870. The maximum absolute atomic E-state index is 12.9. The molecule has 0 aromatic rings. The Labute approximate surface area is 66.0 Å². The first kappa shape index (κ1) is 7.73. The highest BCUT2D eigenvalue weighted by molar-refractivity contribution is 8.01. The molecular formula is C6H7F3OS. The van der Waals surface area contributed by atoms with Crippen LogP contribution in [0.15, 0.2) is 0 Å². The smallest absolute Gasteiger partial charge is 0.318 e. The second kappa shape index (κ2) is 1.88. The number of thioether (sulfide) groups is 1. The summed E-state index contributed by atoms with van der Waals surface area (Å²) in [6.07, 6.45) is 0.673. The van der Waals surface area contributed by atoms with E-state index in [2.05, 4.69) is 0 Å². The van der Waals surface area contributed by atoms with Crippen LogP contribution >= 0.6 is 11.8 Å². The van der Waals surface area contributed by atoms with Gasteiger partial charge in [0.05, 0.1) is 10.5 Å². The summed E-state index contributed by atoms with van der Waals surface area (Å²) in [6, 6.07) is 0. The first-order valence-electron chi connectivity index (χ1n) is 3.41. The van der Waals surface area contributed by atoms with Crippen LogP contribution in [0.2, 0.25) is 0 Å². The van der Waals surface area contributed by atoms with Gasteiger partial charge in [-0.05, 0) is 12.8 Å². The van der Waals surface area contributed by atoms with Crippen LogP contribution in [0, 0.1) is 0 Å². The molecule has 2 saturated heterocycles. The van der Waals surface area contributed by atoms with Crippen molar-refractivity contribution in [2.24, 2.45) is 0 Å². The third-order valence-corrected chi connectivity index (χ3v) is 4.05. The zero-order valence-corrected chi connectivity index (χ0v) is 6.37. The molecular weight excluding hydrogens is 177 g/mol. The van der Waals surface area contributed by atoms with Gasteiger partial charge in [0.15, 0.2) is 0 Å². The maximum Gasteiger partial charge on any atom is 0.318 e. The van der Waals surface area contributed by atoms with Crippen molar-refractivity contribution in [2.45, 2.75) is 35.1 Å². The average Bonchev–Trinajstić information content (AvgIpc) is 2.37. The number of aliphatic hydroxyl groups is 1. The third-order valence-electron chi connectivity index (χ3n) is 2.32. The lowest BCUT2D eigenvalue weighted by molar-refractivity contribution is -0.252. The van der Waals surface area contributed by atoms with Gasteiger partial charge in [-0.2, -0.15) is 8.78 Å². The Hall–Kier alpha value is 0.1000. The molecule has 0 amide bonds. The Balaban J connectivity index is 2.36. The second-order valence-corrected chi connectivity index (χ2v) is 4.40. The quantitative estimate of drug-likeness (QED) is 0.616. The van der Waals surface area contributed by atoms with Crippen LogP contribution in [0.1, 0.15) is 12.8 Å². The highest BCUT2D eigenvalue weighted by Crippen LogP contribution is 2.60. The summed E-state index contributed by atoms with van der Waals surface area (Å²) in [5, 5.41) is 6.85. The summed E-state index contributed by atoms with van der Waals surface area (Å²) in [5.74, 6) is -6.80. The third kappa shape index (κ3) is 0.731. The molecule has 3 atom stereocenters. The van der Waals surface area contributed by atoms with E-state index in [1.54, 1.807) is 0 Å². The number of halogens is 3. The first-order valence-corrected chi connectivity index (χ1v) is 4.35. The summed E-state index contributed by atoms with van der Waals surface area (Å²) in [7, 11) is 0. The molecule has 0 saturated carbocycles. The lowest BCUT2D eigenvalue weighted by Gasteiger charge is -2.30. The Morgan fingerprint density at radius 3 is 2.00 bits per heavy atom. The van der Waals surface area contributed by atoms with E-state index in [-0.39, 0.29) is 0 Å². The highest BCUT2D eigenvalue weighted by Gasteiger charge is 2.72.